The van der Waals surface area contributed by atoms with Crippen molar-refractivity contribution in [3.63, 3.8) is 0 Å². The van der Waals surface area contributed by atoms with Crippen LogP contribution in [0.25, 0.3) is 0 Å². The number of nitrogens with zero attached hydrogens (tertiary/aromatic N) is 1. The number of rotatable bonds is 3. The molecule has 1 N–H and O–H groups in total. The zero-order valence-electron chi connectivity index (χ0n) is 12.4. The minimum Gasteiger partial charge on any atom is -0.486 e. The van der Waals surface area contributed by atoms with Crippen LogP contribution >= 0.6 is 0 Å². The number of carbonyl (C=O) groups is 1. The number of alkyl halides is 3. The monoisotopic (exact) mass is 338 g/mol. The van der Waals surface area contributed by atoms with Crippen molar-refractivity contribution in [1.82, 2.24) is 4.98 Å². The third-order valence-electron chi connectivity index (χ3n) is 3.32. The minimum absolute atomic E-state index is 0.00706. The Morgan fingerprint density at radius 3 is 2.62 bits per heavy atom. The average molecular weight is 338 g/mol. The van der Waals surface area contributed by atoms with E-state index in [4.69, 9.17) is 9.47 Å². The molecule has 1 aliphatic heterocycles. The molecule has 2 aromatic rings. The molecule has 1 aliphatic rings. The molecule has 2 heterocycles. The number of halogens is 3. The second kappa shape index (κ2) is 6.38. The highest BCUT2D eigenvalue weighted by molar-refractivity contribution is 5.92. The molecule has 0 fully saturated rings. The number of ether oxygens (including phenoxy) is 2. The van der Waals surface area contributed by atoms with Gasteiger partial charge in [0.15, 0.2) is 11.5 Å². The number of aromatic nitrogens is 1. The topological polar surface area (TPSA) is 60.5 Å². The van der Waals surface area contributed by atoms with Crippen LogP contribution in [-0.4, -0.2) is 24.1 Å². The van der Waals surface area contributed by atoms with Gasteiger partial charge in [0, 0.05) is 6.20 Å². The summed E-state index contributed by atoms with van der Waals surface area (Å²) in [6, 6.07) is 5.92. The molecule has 3 rings (SSSR count). The Bertz CT molecular complexity index is 762. The van der Waals surface area contributed by atoms with Crippen LogP contribution < -0.4 is 14.8 Å². The first-order chi connectivity index (χ1) is 11.4. The van der Waals surface area contributed by atoms with Crippen molar-refractivity contribution >= 4 is 11.6 Å². The van der Waals surface area contributed by atoms with Crippen molar-refractivity contribution in [3.8, 4) is 11.5 Å². The van der Waals surface area contributed by atoms with Crippen molar-refractivity contribution < 1.29 is 27.4 Å². The van der Waals surface area contributed by atoms with Crippen molar-refractivity contribution in [2.45, 2.75) is 12.6 Å². The molecule has 1 aromatic carbocycles. The first-order valence-corrected chi connectivity index (χ1v) is 7.12. The molecule has 1 aromatic heterocycles. The summed E-state index contributed by atoms with van der Waals surface area (Å²) in [5, 5.41) is 2.41. The van der Waals surface area contributed by atoms with Crippen LogP contribution in [-0.2, 0) is 17.4 Å². The van der Waals surface area contributed by atoms with E-state index >= 15 is 0 Å². The lowest BCUT2D eigenvalue weighted by molar-refractivity contribution is -0.137. The molecule has 0 saturated carbocycles. The quantitative estimate of drug-likeness (QED) is 0.934. The predicted molar refractivity (Wildman–Crippen MR) is 79.0 cm³/mol. The Labute approximate surface area is 135 Å². The van der Waals surface area contributed by atoms with Crippen LogP contribution in [0.3, 0.4) is 0 Å². The molecule has 0 spiro atoms. The second-order valence-electron chi connectivity index (χ2n) is 5.16. The van der Waals surface area contributed by atoms with Gasteiger partial charge in [-0.1, -0.05) is 6.07 Å². The molecule has 0 radical (unpaired) electrons. The molecule has 0 aliphatic carbocycles. The number of pyridine rings is 1. The maximum Gasteiger partial charge on any atom is 0.417 e. The molecule has 0 unspecified atom stereocenters. The summed E-state index contributed by atoms with van der Waals surface area (Å²) in [4.78, 5) is 15.5. The third kappa shape index (κ3) is 3.76. The van der Waals surface area contributed by atoms with Gasteiger partial charge in [-0.3, -0.25) is 9.78 Å². The Morgan fingerprint density at radius 2 is 1.88 bits per heavy atom. The van der Waals surface area contributed by atoms with Gasteiger partial charge in [0.1, 0.15) is 13.2 Å². The van der Waals surface area contributed by atoms with Crippen LogP contribution in [0.4, 0.5) is 18.9 Å². The molecule has 0 saturated heterocycles. The van der Waals surface area contributed by atoms with Gasteiger partial charge in [0.25, 0.3) is 0 Å². The number of benzene rings is 1. The highest BCUT2D eigenvalue weighted by atomic mass is 19.4. The van der Waals surface area contributed by atoms with Gasteiger partial charge in [-0.15, -0.1) is 0 Å². The standard InChI is InChI=1S/C16H13F3N2O3/c17-16(18,19)11-7-12(9-20-8-11)21-15(22)6-10-1-2-13-14(5-10)24-4-3-23-13/h1-2,5,7-9H,3-4,6H2,(H,21,22). The lowest BCUT2D eigenvalue weighted by Gasteiger charge is -2.18. The molecule has 0 bridgehead atoms. The van der Waals surface area contributed by atoms with E-state index in [1.807, 2.05) is 0 Å². The Balaban J connectivity index is 1.68. The van der Waals surface area contributed by atoms with Crippen LogP contribution in [0.15, 0.2) is 36.7 Å². The van der Waals surface area contributed by atoms with E-state index in [9.17, 15) is 18.0 Å². The summed E-state index contributed by atoms with van der Waals surface area (Å²) in [5.74, 6) is 0.701. The average Bonchev–Trinajstić information content (AvgIpc) is 2.54. The molecule has 0 atom stereocenters. The van der Waals surface area contributed by atoms with Gasteiger partial charge in [-0.05, 0) is 23.8 Å². The molecular formula is C16H13F3N2O3. The molecular weight excluding hydrogens is 325 g/mol. The molecule has 1 amide bonds. The zero-order chi connectivity index (χ0) is 17.2. The van der Waals surface area contributed by atoms with Crippen LogP contribution in [0.1, 0.15) is 11.1 Å². The van der Waals surface area contributed by atoms with E-state index < -0.39 is 17.6 Å². The Hall–Kier alpha value is -2.77. The SMILES string of the molecule is O=C(Cc1ccc2c(c1)OCCO2)Nc1cncc(C(F)(F)F)c1. The first kappa shape index (κ1) is 16.1. The fourth-order valence-corrected chi connectivity index (χ4v) is 2.25. The lowest BCUT2D eigenvalue weighted by Crippen LogP contribution is -2.17. The highest BCUT2D eigenvalue weighted by Crippen LogP contribution is 2.31. The number of amides is 1. The second-order valence-corrected chi connectivity index (χ2v) is 5.16. The highest BCUT2D eigenvalue weighted by Gasteiger charge is 2.31. The van der Waals surface area contributed by atoms with Crippen molar-refractivity contribution in [2.24, 2.45) is 0 Å². The fourth-order valence-electron chi connectivity index (χ4n) is 2.25. The zero-order valence-corrected chi connectivity index (χ0v) is 12.4. The number of hydrogen-bond acceptors (Lipinski definition) is 4. The predicted octanol–water partition coefficient (Wildman–Crippen LogP) is 3.05. The van der Waals surface area contributed by atoms with Gasteiger partial charge in [0.05, 0.1) is 23.9 Å². The van der Waals surface area contributed by atoms with E-state index in [0.717, 1.165) is 12.3 Å². The summed E-state index contributed by atoms with van der Waals surface area (Å²) in [6.07, 6.45) is -2.65. The third-order valence-corrected chi connectivity index (χ3v) is 3.32. The number of anilines is 1. The summed E-state index contributed by atoms with van der Waals surface area (Å²) in [7, 11) is 0. The lowest BCUT2D eigenvalue weighted by atomic mass is 10.1. The van der Waals surface area contributed by atoms with Gasteiger partial charge in [-0.2, -0.15) is 13.2 Å². The van der Waals surface area contributed by atoms with E-state index in [-0.39, 0.29) is 12.1 Å². The number of nitrogens with one attached hydrogen (secondary N) is 1. The van der Waals surface area contributed by atoms with Gasteiger partial charge in [-0.25, -0.2) is 0 Å². The molecule has 24 heavy (non-hydrogen) atoms. The maximum atomic E-state index is 12.6. The fraction of sp³-hybridized carbons (Fsp3) is 0.250. The minimum atomic E-state index is -4.51. The van der Waals surface area contributed by atoms with Crippen LogP contribution in [0.2, 0.25) is 0 Å². The largest absolute Gasteiger partial charge is 0.486 e. The summed E-state index contributed by atoms with van der Waals surface area (Å²) in [5.41, 5.74) is -0.260. The summed E-state index contributed by atoms with van der Waals surface area (Å²) < 4.78 is 48.7. The van der Waals surface area contributed by atoms with Crippen LogP contribution in [0.5, 0.6) is 11.5 Å². The van der Waals surface area contributed by atoms with E-state index in [1.54, 1.807) is 18.2 Å². The van der Waals surface area contributed by atoms with Crippen LogP contribution in [0, 0.1) is 0 Å². The number of hydrogen-bond donors (Lipinski definition) is 1. The van der Waals surface area contributed by atoms with Gasteiger partial charge < -0.3 is 14.8 Å². The molecule has 126 valence electrons. The normalized spacial score (nSPS) is 13.5. The van der Waals surface area contributed by atoms with Gasteiger partial charge in [0.2, 0.25) is 5.91 Å². The van der Waals surface area contributed by atoms with Crippen molar-refractivity contribution in [3.05, 3.63) is 47.8 Å². The summed E-state index contributed by atoms with van der Waals surface area (Å²) in [6.45, 7) is 0.897. The van der Waals surface area contributed by atoms with Gasteiger partial charge >= 0.3 is 6.18 Å². The smallest absolute Gasteiger partial charge is 0.417 e. The van der Waals surface area contributed by atoms with Crippen molar-refractivity contribution in [2.75, 3.05) is 18.5 Å². The Morgan fingerprint density at radius 1 is 1.12 bits per heavy atom. The first-order valence-electron chi connectivity index (χ1n) is 7.12. The van der Waals surface area contributed by atoms with E-state index in [1.165, 1.54) is 0 Å². The molecule has 5 nitrogen and oxygen atoms in total. The number of fused-ring (bicyclic) bond motifs is 1. The summed E-state index contributed by atoms with van der Waals surface area (Å²) >= 11 is 0. The number of carbonyl (C=O) groups excluding carboxylic acids is 1. The van der Waals surface area contributed by atoms with Crippen molar-refractivity contribution in [1.29, 1.82) is 0 Å². The van der Waals surface area contributed by atoms with E-state index in [2.05, 4.69) is 10.3 Å². The maximum absolute atomic E-state index is 12.6. The molecule has 8 heteroatoms. The Kier molecular flexibility index (Phi) is 4.28. The van der Waals surface area contributed by atoms with E-state index in [0.29, 0.717) is 36.5 Å².